The summed E-state index contributed by atoms with van der Waals surface area (Å²) >= 11 is 6.20. The highest BCUT2D eigenvalue weighted by Gasteiger charge is 2.22. The van der Waals surface area contributed by atoms with Crippen molar-refractivity contribution in [1.82, 2.24) is 20.3 Å². The number of fused-ring (bicyclic) bond motifs is 1. The van der Waals surface area contributed by atoms with Crippen LogP contribution in [0.15, 0.2) is 42.7 Å². The summed E-state index contributed by atoms with van der Waals surface area (Å²) in [5.41, 5.74) is 1.65. The Balaban J connectivity index is 1.05. The van der Waals surface area contributed by atoms with Crippen molar-refractivity contribution in [1.29, 1.82) is 0 Å². The molecule has 1 aliphatic heterocycles. The van der Waals surface area contributed by atoms with Crippen LogP contribution in [0.2, 0.25) is 5.15 Å². The fraction of sp³-hybridized carbons (Fsp3) is 0.440. The van der Waals surface area contributed by atoms with E-state index in [4.69, 9.17) is 16.3 Å². The van der Waals surface area contributed by atoms with Crippen molar-refractivity contribution < 1.29 is 9.53 Å². The number of pyridine rings is 3. The second-order valence-corrected chi connectivity index (χ2v) is 9.50. The summed E-state index contributed by atoms with van der Waals surface area (Å²) < 4.78 is 5.08. The predicted octanol–water partition coefficient (Wildman–Crippen LogP) is 3.82. The smallest absolute Gasteiger partial charge is 0.224 e. The van der Waals surface area contributed by atoms with Gasteiger partial charge in [0.2, 0.25) is 5.91 Å². The standard InChI is InChI=1S/C25H29ClN6O2/c26-25-24-18(9-10-27-25)4-8-22(32-24)30-19-5-1-16(2-6-19)12-28-21-7-3-17(13-29-21)11-23(33)31-20-14-34-15-20/h3-4,7-10,13,16,19-20H,1-2,5-6,11-12,14-15H2,(H,28,29)(H,30,32)(H,31,33)/t16-,19-. The van der Waals surface area contributed by atoms with Crippen LogP contribution < -0.4 is 16.0 Å². The number of nitrogens with zero attached hydrogens (tertiary/aromatic N) is 3. The average molecular weight is 481 g/mol. The number of halogens is 1. The van der Waals surface area contributed by atoms with Crippen LogP contribution in [0.25, 0.3) is 10.9 Å². The number of hydrogen-bond donors (Lipinski definition) is 3. The van der Waals surface area contributed by atoms with Crippen LogP contribution in [0.4, 0.5) is 11.6 Å². The van der Waals surface area contributed by atoms with Gasteiger partial charge < -0.3 is 20.7 Å². The molecule has 1 saturated heterocycles. The third-order valence-corrected chi connectivity index (χ3v) is 6.80. The Morgan fingerprint density at radius 1 is 1.00 bits per heavy atom. The molecule has 3 N–H and O–H groups in total. The van der Waals surface area contributed by atoms with Crippen LogP contribution in [-0.2, 0) is 16.0 Å². The molecule has 1 amide bonds. The number of anilines is 2. The number of amides is 1. The summed E-state index contributed by atoms with van der Waals surface area (Å²) in [6.07, 6.45) is 8.30. The fourth-order valence-corrected chi connectivity index (χ4v) is 4.69. The highest BCUT2D eigenvalue weighted by Crippen LogP contribution is 2.28. The molecule has 8 nitrogen and oxygen atoms in total. The maximum Gasteiger partial charge on any atom is 0.224 e. The Bertz CT molecular complexity index is 1130. The maximum atomic E-state index is 12.0. The van der Waals surface area contributed by atoms with Gasteiger partial charge in [0.15, 0.2) is 5.15 Å². The van der Waals surface area contributed by atoms with Crippen LogP contribution in [0.5, 0.6) is 0 Å². The zero-order valence-corrected chi connectivity index (χ0v) is 19.7. The van der Waals surface area contributed by atoms with E-state index in [-0.39, 0.29) is 11.9 Å². The first kappa shape index (κ1) is 22.8. The molecule has 0 bridgehead atoms. The number of ether oxygens (including phenoxy) is 1. The highest BCUT2D eigenvalue weighted by molar-refractivity contribution is 6.33. The molecule has 0 aromatic carbocycles. The molecular formula is C25H29ClN6O2. The fourth-order valence-electron chi connectivity index (χ4n) is 4.48. The zero-order valence-electron chi connectivity index (χ0n) is 19.0. The molecule has 2 fully saturated rings. The third-order valence-electron chi connectivity index (χ3n) is 6.53. The van der Waals surface area contributed by atoms with Gasteiger partial charge in [0.05, 0.1) is 25.7 Å². The number of carbonyl (C=O) groups is 1. The zero-order chi connectivity index (χ0) is 23.3. The van der Waals surface area contributed by atoms with E-state index in [9.17, 15) is 4.79 Å². The van der Waals surface area contributed by atoms with Gasteiger partial charge in [-0.15, -0.1) is 0 Å². The molecule has 1 aliphatic carbocycles. The van der Waals surface area contributed by atoms with E-state index < -0.39 is 0 Å². The van der Waals surface area contributed by atoms with Crippen molar-refractivity contribution >= 4 is 40.0 Å². The van der Waals surface area contributed by atoms with Crippen molar-refractivity contribution in [3.05, 3.63) is 53.4 Å². The Morgan fingerprint density at radius 2 is 1.82 bits per heavy atom. The molecule has 1 saturated carbocycles. The van der Waals surface area contributed by atoms with Gasteiger partial charge in [-0.05, 0) is 61.4 Å². The first-order chi connectivity index (χ1) is 16.6. The Hall–Kier alpha value is -2.97. The lowest BCUT2D eigenvalue weighted by atomic mass is 9.86. The Morgan fingerprint density at radius 3 is 2.56 bits per heavy atom. The molecule has 3 aromatic heterocycles. The van der Waals surface area contributed by atoms with Gasteiger partial charge in [0.25, 0.3) is 0 Å². The number of aromatic nitrogens is 3. The largest absolute Gasteiger partial charge is 0.377 e. The number of hydrogen-bond acceptors (Lipinski definition) is 7. The quantitative estimate of drug-likeness (QED) is 0.421. The molecule has 5 rings (SSSR count). The van der Waals surface area contributed by atoms with E-state index in [0.717, 1.165) is 60.3 Å². The minimum Gasteiger partial charge on any atom is -0.377 e. The van der Waals surface area contributed by atoms with E-state index in [2.05, 4.69) is 30.9 Å². The summed E-state index contributed by atoms with van der Waals surface area (Å²) in [4.78, 5) is 25.3. The number of carbonyl (C=O) groups excluding carboxylic acids is 1. The molecule has 2 aliphatic rings. The molecular weight excluding hydrogens is 452 g/mol. The maximum absolute atomic E-state index is 12.0. The van der Waals surface area contributed by atoms with E-state index in [0.29, 0.717) is 36.7 Å². The second-order valence-electron chi connectivity index (χ2n) is 9.14. The van der Waals surface area contributed by atoms with E-state index in [1.54, 1.807) is 12.4 Å². The van der Waals surface area contributed by atoms with Crippen molar-refractivity contribution in [3.8, 4) is 0 Å². The summed E-state index contributed by atoms with van der Waals surface area (Å²) in [6, 6.07) is 10.4. The van der Waals surface area contributed by atoms with E-state index in [1.165, 1.54) is 0 Å². The van der Waals surface area contributed by atoms with Crippen LogP contribution in [0, 0.1) is 5.92 Å². The molecule has 4 heterocycles. The number of rotatable bonds is 8. The van der Waals surface area contributed by atoms with Gasteiger partial charge in [0, 0.05) is 30.4 Å². The van der Waals surface area contributed by atoms with E-state index >= 15 is 0 Å². The molecule has 0 atom stereocenters. The van der Waals surface area contributed by atoms with Crippen molar-refractivity contribution in [2.75, 3.05) is 30.4 Å². The second kappa shape index (κ2) is 10.5. The van der Waals surface area contributed by atoms with Crippen LogP contribution in [-0.4, -0.2) is 52.7 Å². The molecule has 9 heteroatoms. The highest BCUT2D eigenvalue weighted by atomic mass is 35.5. The molecule has 0 spiro atoms. The van der Waals surface area contributed by atoms with Gasteiger partial charge in [0.1, 0.15) is 17.2 Å². The molecule has 0 radical (unpaired) electrons. The van der Waals surface area contributed by atoms with Crippen LogP contribution >= 0.6 is 11.6 Å². The molecule has 34 heavy (non-hydrogen) atoms. The monoisotopic (exact) mass is 480 g/mol. The van der Waals surface area contributed by atoms with Gasteiger partial charge in [-0.25, -0.2) is 15.0 Å². The summed E-state index contributed by atoms with van der Waals surface area (Å²) in [6.45, 7) is 2.12. The van der Waals surface area contributed by atoms with Gasteiger partial charge in [-0.3, -0.25) is 4.79 Å². The van der Waals surface area contributed by atoms with Crippen molar-refractivity contribution in [3.63, 3.8) is 0 Å². The normalized spacial score (nSPS) is 20.5. The Kier molecular flexibility index (Phi) is 7.06. The lowest BCUT2D eigenvalue weighted by Gasteiger charge is -2.29. The first-order valence-corrected chi connectivity index (χ1v) is 12.2. The minimum atomic E-state index is 0.0137. The topological polar surface area (TPSA) is 101 Å². The summed E-state index contributed by atoms with van der Waals surface area (Å²) in [5.74, 6) is 2.32. The first-order valence-electron chi connectivity index (χ1n) is 11.9. The SMILES string of the molecule is O=C(Cc1ccc(NC[C@H]2CC[C@H](Nc3ccc4ccnc(Cl)c4n3)CC2)nc1)NC1COC1. The van der Waals surface area contributed by atoms with Gasteiger partial charge in [-0.1, -0.05) is 17.7 Å². The van der Waals surface area contributed by atoms with Crippen LogP contribution in [0.3, 0.4) is 0 Å². The van der Waals surface area contributed by atoms with Crippen molar-refractivity contribution in [2.24, 2.45) is 5.92 Å². The van der Waals surface area contributed by atoms with E-state index in [1.807, 2.05) is 30.3 Å². The lowest BCUT2D eigenvalue weighted by Crippen LogP contribution is -2.49. The molecule has 3 aromatic rings. The minimum absolute atomic E-state index is 0.0137. The van der Waals surface area contributed by atoms with Gasteiger partial charge >= 0.3 is 0 Å². The van der Waals surface area contributed by atoms with Gasteiger partial charge in [-0.2, -0.15) is 0 Å². The average Bonchev–Trinajstić information content (AvgIpc) is 2.82. The molecule has 0 unspecified atom stereocenters. The predicted molar refractivity (Wildman–Crippen MR) is 133 cm³/mol. The third kappa shape index (κ3) is 5.74. The molecule has 178 valence electrons. The lowest BCUT2D eigenvalue weighted by molar-refractivity contribution is -0.124. The van der Waals surface area contributed by atoms with Crippen LogP contribution in [0.1, 0.15) is 31.2 Å². The number of nitrogens with one attached hydrogen (secondary N) is 3. The van der Waals surface area contributed by atoms with Crippen molar-refractivity contribution in [2.45, 2.75) is 44.2 Å². The Labute approximate surface area is 203 Å². The summed E-state index contributed by atoms with van der Waals surface area (Å²) in [5, 5.41) is 11.4. The summed E-state index contributed by atoms with van der Waals surface area (Å²) in [7, 11) is 0.